The topological polar surface area (TPSA) is 33.2 Å². The molecule has 0 fully saturated rings. The summed E-state index contributed by atoms with van der Waals surface area (Å²) in [4.78, 5) is 19.4. The Balaban J connectivity index is 2.17. The van der Waals surface area contributed by atoms with Gasteiger partial charge in [0.15, 0.2) is 0 Å². The van der Waals surface area contributed by atoms with E-state index in [1.165, 1.54) is 0 Å². The molecule has 1 aromatic carbocycles. The van der Waals surface area contributed by atoms with Gasteiger partial charge in [-0.1, -0.05) is 15.9 Å². The molecule has 100 valence electrons. The molecule has 2 aromatic rings. The molecule has 0 spiro atoms. The van der Waals surface area contributed by atoms with Gasteiger partial charge in [-0.05, 0) is 37.6 Å². The van der Waals surface area contributed by atoms with Crippen molar-refractivity contribution in [3.05, 3.63) is 49.9 Å². The summed E-state index contributed by atoms with van der Waals surface area (Å²) in [7, 11) is 1.82. The number of hydrogen-bond donors (Lipinski definition) is 0. The quantitative estimate of drug-likeness (QED) is 0.852. The first-order chi connectivity index (χ1) is 8.97. The molecule has 0 bridgehead atoms. The van der Waals surface area contributed by atoms with Crippen LogP contribution in [0.1, 0.15) is 26.5 Å². The average molecular weight is 339 g/mol. The van der Waals surface area contributed by atoms with Gasteiger partial charge in [0.05, 0.1) is 17.7 Å². The molecule has 5 heteroatoms. The molecule has 0 aliphatic carbocycles. The van der Waals surface area contributed by atoms with Crippen LogP contribution >= 0.6 is 27.3 Å². The first-order valence-corrected chi connectivity index (χ1v) is 7.56. The Bertz CT molecular complexity index is 589. The molecule has 2 rings (SSSR count). The number of rotatable bonds is 3. The summed E-state index contributed by atoms with van der Waals surface area (Å²) in [5, 5.41) is 0. The summed E-state index contributed by atoms with van der Waals surface area (Å²) in [5.74, 6) is 0.0252. The minimum absolute atomic E-state index is 0.0252. The third-order valence-corrected chi connectivity index (χ3v) is 4.24. The molecule has 1 aromatic heterocycles. The maximum atomic E-state index is 12.4. The third kappa shape index (κ3) is 3.42. The second kappa shape index (κ2) is 5.84. The fourth-order valence-electron chi connectivity index (χ4n) is 1.85. The Morgan fingerprint density at radius 1 is 1.37 bits per heavy atom. The van der Waals surface area contributed by atoms with Gasteiger partial charge in [-0.3, -0.25) is 4.79 Å². The molecule has 0 saturated heterocycles. The van der Waals surface area contributed by atoms with E-state index >= 15 is 0 Å². The van der Waals surface area contributed by atoms with Gasteiger partial charge in [0, 0.05) is 22.0 Å². The van der Waals surface area contributed by atoms with Crippen LogP contribution in [0.2, 0.25) is 0 Å². The van der Waals surface area contributed by atoms with E-state index in [0.29, 0.717) is 12.1 Å². The highest BCUT2D eigenvalue weighted by Gasteiger charge is 2.14. The Kier molecular flexibility index (Phi) is 4.37. The van der Waals surface area contributed by atoms with Crippen LogP contribution in [0.5, 0.6) is 0 Å². The molecule has 0 N–H and O–H groups in total. The van der Waals surface area contributed by atoms with Gasteiger partial charge in [-0.2, -0.15) is 0 Å². The summed E-state index contributed by atoms with van der Waals surface area (Å²) in [6.45, 7) is 4.54. The highest BCUT2D eigenvalue weighted by Crippen LogP contribution is 2.19. The lowest BCUT2D eigenvalue weighted by Crippen LogP contribution is -2.26. The van der Waals surface area contributed by atoms with Gasteiger partial charge < -0.3 is 4.90 Å². The predicted octanol–water partition coefficient (Wildman–Crippen LogP) is 3.79. The van der Waals surface area contributed by atoms with Crippen molar-refractivity contribution in [2.45, 2.75) is 20.4 Å². The first kappa shape index (κ1) is 14.2. The van der Waals surface area contributed by atoms with Crippen molar-refractivity contribution in [3.8, 4) is 0 Å². The smallest absolute Gasteiger partial charge is 0.253 e. The van der Waals surface area contributed by atoms with Gasteiger partial charge in [-0.15, -0.1) is 11.3 Å². The number of hydrogen-bond acceptors (Lipinski definition) is 3. The average Bonchev–Trinajstić information content (AvgIpc) is 2.72. The van der Waals surface area contributed by atoms with E-state index in [-0.39, 0.29) is 5.91 Å². The van der Waals surface area contributed by atoms with Crippen molar-refractivity contribution in [1.29, 1.82) is 0 Å². The number of halogens is 1. The van der Waals surface area contributed by atoms with Crippen LogP contribution in [0.3, 0.4) is 0 Å². The molecule has 3 nitrogen and oxygen atoms in total. The molecule has 1 amide bonds. The van der Waals surface area contributed by atoms with Crippen LogP contribution in [-0.4, -0.2) is 22.8 Å². The lowest BCUT2D eigenvalue weighted by molar-refractivity contribution is 0.0786. The van der Waals surface area contributed by atoms with Crippen LogP contribution < -0.4 is 0 Å². The Morgan fingerprint density at radius 2 is 2.11 bits per heavy atom. The van der Waals surface area contributed by atoms with Crippen LogP contribution in [0, 0.1) is 13.8 Å². The molecule has 19 heavy (non-hydrogen) atoms. The second-order valence-electron chi connectivity index (χ2n) is 4.54. The summed E-state index contributed by atoms with van der Waals surface area (Å²) in [6.07, 6.45) is 0. The Hall–Kier alpha value is -1.20. The minimum atomic E-state index is 0.0252. The summed E-state index contributed by atoms with van der Waals surface area (Å²) in [6, 6.07) is 5.75. The second-order valence-corrected chi connectivity index (χ2v) is 6.39. The lowest BCUT2D eigenvalue weighted by atomic mass is 10.1. The van der Waals surface area contributed by atoms with Gasteiger partial charge >= 0.3 is 0 Å². The number of thiazole rings is 1. The predicted molar refractivity (Wildman–Crippen MR) is 81.5 cm³/mol. The monoisotopic (exact) mass is 338 g/mol. The van der Waals surface area contributed by atoms with Crippen molar-refractivity contribution in [2.75, 3.05) is 7.05 Å². The SMILES string of the molecule is Cc1cc(Br)cc(C(=O)N(C)Cc2scnc2C)c1. The van der Waals surface area contributed by atoms with Gasteiger partial charge in [0.2, 0.25) is 0 Å². The molecule has 0 aliphatic heterocycles. The van der Waals surface area contributed by atoms with E-state index < -0.39 is 0 Å². The largest absolute Gasteiger partial charge is 0.336 e. The summed E-state index contributed by atoms with van der Waals surface area (Å²) in [5.41, 5.74) is 4.58. The zero-order valence-electron chi connectivity index (χ0n) is 11.1. The minimum Gasteiger partial charge on any atom is -0.336 e. The molecular weight excluding hydrogens is 324 g/mol. The number of benzene rings is 1. The van der Waals surface area contributed by atoms with E-state index in [1.807, 2.05) is 44.6 Å². The van der Waals surface area contributed by atoms with Crippen molar-refractivity contribution >= 4 is 33.2 Å². The van der Waals surface area contributed by atoms with Crippen LogP contribution in [0.25, 0.3) is 0 Å². The highest BCUT2D eigenvalue weighted by atomic mass is 79.9. The normalized spacial score (nSPS) is 10.5. The lowest BCUT2D eigenvalue weighted by Gasteiger charge is -2.17. The Labute approximate surface area is 125 Å². The zero-order valence-corrected chi connectivity index (χ0v) is 13.5. The van der Waals surface area contributed by atoms with E-state index in [4.69, 9.17) is 0 Å². The van der Waals surface area contributed by atoms with Crippen LogP contribution in [0.4, 0.5) is 0 Å². The maximum Gasteiger partial charge on any atom is 0.253 e. The standard InChI is InChI=1S/C14H15BrN2OS/c1-9-4-11(6-12(15)5-9)14(18)17(3)7-13-10(2)16-8-19-13/h4-6,8H,7H2,1-3H3. The first-order valence-electron chi connectivity index (χ1n) is 5.89. The van der Waals surface area contributed by atoms with Crippen molar-refractivity contribution in [2.24, 2.45) is 0 Å². The molecule has 0 aliphatic rings. The van der Waals surface area contributed by atoms with Crippen molar-refractivity contribution in [3.63, 3.8) is 0 Å². The number of nitrogens with zero attached hydrogens (tertiary/aromatic N) is 2. The third-order valence-electron chi connectivity index (χ3n) is 2.86. The van der Waals surface area contributed by atoms with Gasteiger partial charge in [0.25, 0.3) is 5.91 Å². The van der Waals surface area contributed by atoms with E-state index in [0.717, 1.165) is 20.6 Å². The van der Waals surface area contributed by atoms with E-state index in [9.17, 15) is 4.79 Å². The fraction of sp³-hybridized carbons (Fsp3) is 0.286. The molecule has 0 unspecified atom stereocenters. The number of aryl methyl sites for hydroxylation is 2. The van der Waals surface area contributed by atoms with E-state index in [2.05, 4.69) is 20.9 Å². The number of carbonyl (C=O) groups is 1. The number of aromatic nitrogens is 1. The van der Waals surface area contributed by atoms with Crippen molar-refractivity contribution in [1.82, 2.24) is 9.88 Å². The molecule has 0 atom stereocenters. The van der Waals surface area contributed by atoms with E-state index in [1.54, 1.807) is 16.2 Å². The van der Waals surface area contributed by atoms with Crippen molar-refractivity contribution < 1.29 is 4.79 Å². The van der Waals surface area contributed by atoms with Crippen LogP contribution in [-0.2, 0) is 6.54 Å². The van der Waals surface area contributed by atoms with Gasteiger partial charge in [-0.25, -0.2) is 4.98 Å². The molecule has 1 heterocycles. The fourth-order valence-corrected chi connectivity index (χ4v) is 3.28. The maximum absolute atomic E-state index is 12.4. The molecule has 0 saturated carbocycles. The molecule has 0 radical (unpaired) electrons. The van der Waals surface area contributed by atoms with Gasteiger partial charge in [0.1, 0.15) is 0 Å². The number of amides is 1. The molecular formula is C14H15BrN2OS. The summed E-state index contributed by atoms with van der Waals surface area (Å²) < 4.78 is 0.929. The highest BCUT2D eigenvalue weighted by molar-refractivity contribution is 9.10. The zero-order chi connectivity index (χ0) is 14.0. The Morgan fingerprint density at radius 3 is 2.68 bits per heavy atom. The van der Waals surface area contributed by atoms with Crippen LogP contribution in [0.15, 0.2) is 28.2 Å². The number of carbonyl (C=O) groups excluding carboxylic acids is 1. The summed E-state index contributed by atoms with van der Waals surface area (Å²) >= 11 is 5.01.